The molecule has 3 nitrogen and oxygen atoms in total. The molecule has 3 heteroatoms. The number of unbranched alkanes of at least 4 members (excludes halogenated alkanes) is 2. The molecule has 0 heterocycles. The Kier molecular flexibility index (Phi) is 9.58. The standard InChI is InChI=1S/C16H32N2O/c1-6-8-12-18(5,13-9-7-2)14-10-11-17-16(19)15(3)4/h3,6-14H2,1-2,4-5H3/p+1. The van der Waals surface area contributed by atoms with E-state index in [1.54, 1.807) is 6.92 Å². The fraction of sp³-hybridized carbons (Fsp3) is 0.812. The van der Waals surface area contributed by atoms with E-state index in [4.69, 9.17) is 0 Å². The van der Waals surface area contributed by atoms with Crippen LogP contribution in [0.2, 0.25) is 0 Å². The fourth-order valence-electron chi connectivity index (χ4n) is 2.23. The maximum absolute atomic E-state index is 11.4. The van der Waals surface area contributed by atoms with Crippen LogP contribution in [-0.2, 0) is 4.79 Å². The Balaban J connectivity index is 4.03. The number of rotatable bonds is 11. The average molecular weight is 269 g/mol. The molecule has 0 unspecified atom stereocenters. The highest BCUT2D eigenvalue weighted by atomic mass is 16.1. The number of carbonyl (C=O) groups excluding carboxylic acids is 1. The summed E-state index contributed by atoms with van der Waals surface area (Å²) < 4.78 is 1.14. The first-order valence-corrected chi connectivity index (χ1v) is 7.72. The molecule has 0 aliphatic carbocycles. The Labute approximate surface area is 119 Å². The summed E-state index contributed by atoms with van der Waals surface area (Å²) in [6.07, 6.45) is 6.14. The molecule has 0 fully saturated rings. The van der Waals surface area contributed by atoms with Gasteiger partial charge in [-0.05, 0) is 19.8 Å². The average Bonchev–Trinajstić information content (AvgIpc) is 2.39. The normalized spacial score (nSPS) is 11.4. The van der Waals surface area contributed by atoms with E-state index in [2.05, 4.69) is 32.8 Å². The smallest absolute Gasteiger partial charge is 0.246 e. The number of amides is 1. The van der Waals surface area contributed by atoms with Crippen molar-refractivity contribution in [2.45, 2.75) is 52.9 Å². The van der Waals surface area contributed by atoms with E-state index >= 15 is 0 Å². The highest BCUT2D eigenvalue weighted by Gasteiger charge is 2.19. The fourth-order valence-corrected chi connectivity index (χ4v) is 2.23. The van der Waals surface area contributed by atoms with Crippen molar-refractivity contribution in [1.29, 1.82) is 0 Å². The van der Waals surface area contributed by atoms with Gasteiger partial charge in [-0.15, -0.1) is 0 Å². The minimum Gasteiger partial charge on any atom is -0.352 e. The summed E-state index contributed by atoms with van der Waals surface area (Å²) in [4.78, 5) is 11.4. The van der Waals surface area contributed by atoms with Gasteiger partial charge in [-0.2, -0.15) is 0 Å². The second-order valence-corrected chi connectivity index (χ2v) is 5.89. The lowest BCUT2D eigenvalue weighted by molar-refractivity contribution is -0.910. The molecule has 112 valence electrons. The van der Waals surface area contributed by atoms with Crippen LogP contribution in [0.25, 0.3) is 0 Å². The molecule has 0 spiro atoms. The number of nitrogens with one attached hydrogen (secondary N) is 1. The van der Waals surface area contributed by atoms with E-state index in [0.717, 1.165) is 24.0 Å². The molecule has 0 rings (SSSR count). The highest BCUT2D eigenvalue weighted by molar-refractivity contribution is 5.91. The zero-order valence-electron chi connectivity index (χ0n) is 13.4. The molecule has 0 aromatic rings. The van der Waals surface area contributed by atoms with Gasteiger partial charge in [0.25, 0.3) is 0 Å². The minimum absolute atomic E-state index is 0.0173. The quantitative estimate of drug-likeness (QED) is 0.348. The number of hydrogen-bond acceptors (Lipinski definition) is 1. The lowest BCUT2D eigenvalue weighted by Gasteiger charge is -2.35. The van der Waals surface area contributed by atoms with Gasteiger partial charge in [0, 0.05) is 18.5 Å². The molecule has 1 amide bonds. The summed E-state index contributed by atoms with van der Waals surface area (Å²) in [6.45, 7) is 14.3. The van der Waals surface area contributed by atoms with Crippen LogP contribution >= 0.6 is 0 Å². The van der Waals surface area contributed by atoms with Gasteiger partial charge < -0.3 is 9.80 Å². The van der Waals surface area contributed by atoms with Gasteiger partial charge >= 0.3 is 0 Å². The van der Waals surface area contributed by atoms with Crippen molar-refractivity contribution in [2.75, 3.05) is 33.2 Å². The molecule has 0 aromatic heterocycles. The predicted molar refractivity (Wildman–Crippen MR) is 83.0 cm³/mol. The van der Waals surface area contributed by atoms with Gasteiger partial charge in [-0.1, -0.05) is 33.3 Å². The van der Waals surface area contributed by atoms with E-state index in [9.17, 15) is 4.79 Å². The van der Waals surface area contributed by atoms with Crippen LogP contribution in [0.15, 0.2) is 12.2 Å². The van der Waals surface area contributed by atoms with Gasteiger partial charge in [0.15, 0.2) is 0 Å². The van der Waals surface area contributed by atoms with E-state index in [0.29, 0.717) is 5.57 Å². The van der Waals surface area contributed by atoms with Crippen LogP contribution in [0, 0.1) is 0 Å². The molecule has 0 atom stereocenters. The lowest BCUT2D eigenvalue weighted by Crippen LogP contribution is -2.47. The maximum Gasteiger partial charge on any atom is 0.246 e. The summed E-state index contributed by atoms with van der Waals surface area (Å²) >= 11 is 0. The molecular formula is C16H33N2O+. The molecule has 0 aromatic carbocycles. The zero-order valence-corrected chi connectivity index (χ0v) is 13.4. The number of quaternary nitrogens is 1. The first-order chi connectivity index (χ1) is 8.95. The molecule has 0 saturated carbocycles. The van der Waals surface area contributed by atoms with Crippen LogP contribution in [0.4, 0.5) is 0 Å². The minimum atomic E-state index is -0.0173. The first-order valence-electron chi connectivity index (χ1n) is 7.72. The predicted octanol–water partition coefficient (Wildman–Crippen LogP) is 3.12. The van der Waals surface area contributed by atoms with Crippen molar-refractivity contribution >= 4 is 5.91 Å². The van der Waals surface area contributed by atoms with Crippen molar-refractivity contribution in [3.8, 4) is 0 Å². The third kappa shape index (κ3) is 8.82. The first kappa shape index (κ1) is 18.2. The Morgan fingerprint density at radius 3 is 1.95 bits per heavy atom. The topological polar surface area (TPSA) is 29.1 Å². The van der Waals surface area contributed by atoms with Gasteiger partial charge in [0.1, 0.15) is 0 Å². The van der Waals surface area contributed by atoms with Crippen LogP contribution in [-0.4, -0.2) is 43.6 Å². The molecule has 1 N–H and O–H groups in total. The van der Waals surface area contributed by atoms with Gasteiger partial charge in [0.2, 0.25) is 5.91 Å². The SMILES string of the molecule is C=C(C)C(=O)NCCC[N+](C)(CCCC)CCCC. The molecular weight excluding hydrogens is 236 g/mol. The van der Waals surface area contributed by atoms with E-state index in [1.807, 2.05) is 0 Å². The molecule has 0 aliphatic rings. The van der Waals surface area contributed by atoms with Crippen molar-refractivity contribution < 1.29 is 9.28 Å². The summed E-state index contributed by atoms with van der Waals surface area (Å²) in [6, 6.07) is 0. The van der Waals surface area contributed by atoms with Crippen LogP contribution < -0.4 is 5.32 Å². The molecule has 0 saturated heterocycles. The number of carbonyl (C=O) groups is 1. The van der Waals surface area contributed by atoms with Gasteiger partial charge in [0.05, 0.1) is 26.7 Å². The zero-order chi connectivity index (χ0) is 14.7. The van der Waals surface area contributed by atoms with Crippen molar-refractivity contribution in [1.82, 2.24) is 5.32 Å². The number of hydrogen-bond donors (Lipinski definition) is 1. The molecule has 0 radical (unpaired) electrons. The third-order valence-electron chi connectivity index (χ3n) is 3.65. The molecule has 19 heavy (non-hydrogen) atoms. The summed E-state index contributed by atoms with van der Waals surface area (Å²) in [5.41, 5.74) is 0.592. The third-order valence-corrected chi connectivity index (χ3v) is 3.65. The summed E-state index contributed by atoms with van der Waals surface area (Å²) in [5.74, 6) is -0.0173. The monoisotopic (exact) mass is 269 g/mol. The Morgan fingerprint density at radius 1 is 1.05 bits per heavy atom. The number of nitrogens with zero attached hydrogens (tertiary/aromatic N) is 1. The molecule has 0 aliphatic heterocycles. The maximum atomic E-state index is 11.4. The Morgan fingerprint density at radius 2 is 1.53 bits per heavy atom. The summed E-state index contributed by atoms with van der Waals surface area (Å²) in [5, 5.41) is 2.92. The molecule has 0 bridgehead atoms. The van der Waals surface area contributed by atoms with E-state index in [1.165, 1.54) is 38.8 Å². The van der Waals surface area contributed by atoms with E-state index in [-0.39, 0.29) is 5.91 Å². The highest BCUT2D eigenvalue weighted by Crippen LogP contribution is 2.09. The van der Waals surface area contributed by atoms with Gasteiger partial charge in [-0.3, -0.25) is 4.79 Å². The Hall–Kier alpha value is -0.830. The summed E-state index contributed by atoms with van der Waals surface area (Å²) in [7, 11) is 2.35. The second kappa shape index (κ2) is 10.0. The second-order valence-electron chi connectivity index (χ2n) is 5.89. The van der Waals surface area contributed by atoms with Crippen LogP contribution in [0.3, 0.4) is 0 Å². The van der Waals surface area contributed by atoms with Gasteiger partial charge in [-0.25, -0.2) is 0 Å². The van der Waals surface area contributed by atoms with Crippen molar-refractivity contribution in [2.24, 2.45) is 0 Å². The van der Waals surface area contributed by atoms with E-state index < -0.39 is 0 Å². The van der Waals surface area contributed by atoms with Crippen LogP contribution in [0.1, 0.15) is 52.9 Å². The Bertz CT molecular complexity index is 266. The van der Waals surface area contributed by atoms with Crippen molar-refractivity contribution in [3.05, 3.63) is 12.2 Å². The lowest BCUT2D eigenvalue weighted by atomic mass is 10.2. The van der Waals surface area contributed by atoms with Crippen molar-refractivity contribution in [3.63, 3.8) is 0 Å². The van der Waals surface area contributed by atoms with Crippen LogP contribution in [0.5, 0.6) is 0 Å². The largest absolute Gasteiger partial charge is 0.352 e.